The Balaban J connectivity index is 0. The van der Waals surface area contributed by atoms with Gasteiger partial charge in [0.05, 0.1) is 0 Å². The van der Waals surface area contributed by atoms with E-state index >= 15 is 0 Å². The van der Waals surface area contributed by atoms with E-state index in [0.29, 0.717) is 0 Å². The molecule has 1 aromatic rings. The zero-order valence-corrected chi connectivity index (χ0v) is 9.90. The molecule has 5 heteroatoms. The van der Waals surface area contributed by atoms with Gasteiger partial charge in [0, 0.05) is 0 Å². The molecule has 1 rings (SSSR count). The van der Waals surface area contributed by atoms with E-state index in [1.54, 1.807) is 0 Å². The van der Waals surface area contributed by atoms with Crippen LogP contribution in [0.2, 0.25) is 0 Å². The maximum absolute atomic E-state index is 9.47. The van der Waals surface area contributed by atoms with Crippen LogP contribution in [0.1, 0.15) is 12.5 Å². The molecule has 83 valence electrons. The maximum atomic E-state index is 9.47. The van der Waals surface area contributed by atoms with Crippen LogP contribution in [0.15, 0.2) is 30.3 Å². The van der Waals surface area contributed by atoms with E-state index in [1.807, 2.05) is 18.2 Å². The molecule has 0 heterocycles. The van der Waals surface area contributed by atoms with Gasteiger partial charge >= 0.3 is 17.1 Å². The molecule has 0 spiro atoms. The normalized spacial score (nSPS) is 9.43. The van der Waals surface area contributed by atoms with Crippen molar-refractivity contribution in [3.63, 3.8) is 0 Å². The van der Waals surface area contributed by atoms with Crippen LogP contribution in [0.4, 0.5) is 0 Å². The third-order valence-electron chi connectivity index (χ3n) is 1.33. The largest absolute Gasteiger partial charge is 2.00 e. The van der Waals surface area contributed by atoms with Crippen LogP contribution in [0.25, 0.3) is 0 Å². The Labute approximate surface area is 95.2 Å². The summed E-state index contributed by atoms with van der Waals surface area (Å²) in [6.07, 6.45) is -0.285. The van der Waals surface area contributed by atoms with Crippen LogP contribution < -0.4 is 9.79 Å². The van der Waals surface area contributed by atoms with E-state index < -0.39 is 7.60 Å². The second kappa shape index (κ2) is 8.22. The van der Waals surface area contributed by atoms with E-state index in [0.717, 1.165) is 0 Å². The van der Waals surface area contributed by atoms with Crippen molar-refractivity contribution in [1.82, 2.24) is 0 Å². The quantitative estimate of drug-likeness (QED) is 0.559. The van der Waals surface area contributed by atoms with Gasteiger partial charge in [-0.3, -0.25) is 0 Å². The van der Waals surface area contributed by atoms with E-state index in [1.165, 1.54) is 12.5 Å². The van der Waals surface area contributed by atoms with Crippen LogP contribution in [0, 0.1) is 6.92 Å². The molecule has 1 aromatic carbocycles. The Kier molecular flexibility index (Phi) is 9.58. The standard InChI is InChI=1S/C7H8.C2H7O3P.Cu/c1-7-5-3-2-4-6-7;1-2-6(3,4)5;/h2-6H,1H3;2H2,1H3,(H2,3,4,5);/q;;+2/p-2. The number of aryl methyl sites for hydroxylation is 1. The van der Waals surface area contributed by atoms with E-state index in [4.69, 9.17) is 0 Å². The minimum Gasteiger partial charge on any atom is -0.811 e. The molecule has 0 aromatic heterocycles. The minimum absolute atomic E-state index is 0. The van der Waals surface area contributed by atoms with Crippen molar-refractivity contribution in [2.45, 2.75) is 13.8 Å². The van der Waals surface area contributed by atoms with Gasteiger partial charge in [-0.2, -0.15) is 0 Å². The van der Waals surface area contributed by atoms with Crippen molar-refractivity contribution in [2.75, 3.05) is 6.16 Å². The molecule has 0 atom stereocenters. The van der Waals surface area contributed by atoms with Crippen LogP contribution in [0.5, 0.6) is 0 Å². The zero-order chi connectivity index (χ0) is 10.3. The van der Waals surface area contributed by atoms with Crippen LogP contribution in [-0.2, 0) is 21.6 Å². The summed E-state index contributed by atoms with van der Waals surface area (Å²) in [7, 11) is -4.15. The van der Waals surface area contributed by atoms with Gasteiger partial charge in [-0.05, 0) is 13.1 Å². The van der Waals surface area contributed by atoms with Gasteiger partial charge < -0.3 is 14.4 Å². The summed E-state index contributed by atoms with van der Waals surface area (Å²) < 4.78 is 9.47. The van der Waals surface area contributed by atoms with Crippen molar-refractivity contribution < 1.29 is 31.4 Å². The van der Waals surface area contributed by atoms with Crippen molar-refractivity contribution in [3.8, 4) is 0 Å². The van der Waals surface area contributed by atoms with E-state index in [-0.39, 0.29) is 23.2 Å². The Hall–Kier alpha value is -0.111. The van der Waals surface area contributed by atoms with Crippen molar-refractivity contribution >= 4 is 7.60 Å². The molecular formula is C9H13CuO3P. The molecule has 14 heavy (non-hydrogen) atoms. The third kappa shape index (κ3) is 11.9. The van der Waals surface area contributed by atoms with Gasteiger partial charge in [-0.25, -0.2) is 0 Å². The van der Waals surface area contributed by atoms with Gasteiger partial charge in [0.15, 0.2) is 0 Å². The fourth-order valence-electron chi connectivity index (χ4n) is 0.534. The predicted octanol–water partition coefficient (Wildman–Crippen LogP) is 0.913. The van der Waals surface area contributed by atoms with Gasteiger partial charge in [-0.15, -0.1) is 0 Å². The monoisotopic (exact) mass is 263 g/mol. The van der Waals surface area contributed by atoms with Gasteiger partial charge in [0.2, 0.25) is 0 Å². The molecule has 0 fully saturated rings. The number of hydrogen-bond acceptors (Lipinski definition) is 3. The summed E-state index contributed by atoms with van der Waals surface area (Å²) in [6, 6.07) is 10.3. The molecule has 0 N–H and O–H groups in total. The fourth-order valence-corrected chi connectivity index (χ4v) is 0.534. The van der Waals surface area contributed by atoms with Crippen LogP contribution in [-0.4, -0.2) is 6.16 Å². The summed E-state index contributed by atoms with van der Waals surface area (Å²) in [5.74, 6) is 0. The van der Waals surface area contributed by atoms with E-state index in [9.17, 15) is 14.4 Å². The molecule has 0 aliphatic carbocycles. The smallest absolute Gasteiger partial charge is 0.811 e. The van der Waals surface area contributed by atoms with Gasteiger partial charge in [0.1, 0.15) is 0 Å². The summed E-state index contributed by atoms with van der Waals surface area (Å²) >= 11 is 0. The van der Waals surface area contributed by atoms with Crippen molar-refractivity contribution in [3.05, 3.63) is 35.9 Å². The zero-order valence-electron chi connectivity index (χ0n) is 8.07. The summed E-state index contributed by atoms with van der Waals surface area (Å²) in [5, 5.41) is 0. The first-order chi connectivity index (χ1) is 5.95. The average Bonchev–Trinajstić information content (AvgIpc) is 2.06. The molecule has 0 bridgehead atoms. The summed E-state index contributed by atoms with van der Waals surface area (Å²) in [5.41, 5.74) is 1.32. The number of hydrogen-bond donors (Lipinski definition) is 0. The number of benzene rings is 1. The Morgan fingerprint density at radius 3 is 1.71 bits per heavy atom. The molecule has 0 aliphatic heterocycles. The second-order valence-electron chi connectivity index (χ2n) is 2.58. The first-order valence-corrected chi connectivity index (χ1v) is 5.71. The molecule has 0 saturated carbocycles. The summed E-state index contributed by atoms with van der Waals surface area (Å²) in [6.45, 7) is 3.40. The predicted molar refractivity (Wildman–Crippen MR) is 49.3 cm³/mol. The molecule has 1 radical (unpaired) electrons. The topological polar surface area (TPSA) is 63.2 Å². The third-order valence-corrected chi connectivity index (χ3v) is 2.10. The average molecular weight is 264 g/mol. The number of rotatable bonds is 1. The van der Waals surface area contributed by atoms with Gasteiger partial charge in [0.25, 0.3) is 0 Å². The Morgan fingerprint density at radius 1 is 1.21 bits per heavy atom. The van der Waals surface area contributed by atoms with Crippen LogP contribution >= 0.6 is 7.60 Å². The van der Waals surface area contributed by atoms with E-state index in [2.05, 4.69) is 19.1 Å². The first kappa shape index (κ1) is 16.3. The Bertz CT molecular complexity index is 271. The molecule has 0 unspecified atom stereocenters. The van der Waals surface area contributed by atoms with Crippen molar-refractivity contribution in [2.24, 2.45) is 0 Å². The maximum Gasteiger partial charge on any atom is 2.00 e. The molecule has 0 saturated heterocycles. The van der Waals surface area contributed by atoms with Crippen LogP contribution in [0.3, 0.4) is 0 Å². The Morgan fingerprint density at radius 2 is 1.57 bits per heavy atom. The first-order valence-electron chi connectivity index (χ1n) is 3.98. The summed E-state index contributed by atoms with van der Waals surface area (Å²) in [4.78, 5) is 18.9. The molecule has 0 aliphatic rings. The fraction of sp³-hybridized carbons (Fsp3) is 0.333. The molecule has 0 amide bonds. The van der Waals surface area contributed by atoms with Crippen molar-refractivity contribution in [1.29, 1.82) is 0 Å². The SMILES string of the molecule is CCP(=O)([O-])[O-].Cc1ccccc1.[Cu+2]. The second-order valence-corrected chi connectivity index (χ2v) is 4.44. The molecular weight excluding hydrogens is 251 g/mol. The molecule has 3 nitrogen and oxygen atoms in total. The minimum atomic E-state index is -4.15. The van der Waals surface area contributed by atoms with Gasteiger partial charge in [-0.1, -0.05) is 50.4 Å².